The highest BCUT2D eigenvalue weighted by molar-refractivity contribution is 6.09. The van der Waals surface area contributed by atoms with E-state index in [0.717, 1.165) is 24.2 Å². The minimum Gasteiger partial charge on any atom is -0.496 e. The molecule has 1 aliphatic carbocycles. The number of carbonyl (C=O) groups excluding carboxylic acids is 4. The molecule has 1 aromatic carbocycles. The van der Waals surface area contributed by atoms with E-state index in [-0.39, 0.29) is 24.2 Å². The number of ketones is 1. The number of esters is 1. The predicted molar refractivity (Wildman–Crippen MR) is 103 cm³/mol. The molecule has 3 amide bonds. The van der Waals surface area contributed by atoms with Gasteiger partial charge < -0.3 is 14.8 Å². The number of imide groups is 1. The van der Waals surface area contributed by atoms with Crippen LogP contribution in [0.2, 0.25) is 0 Å². The zero-order chi connectivity index (χ0) is 21.2. The highest BCUT2D eigenvalue weighted by atomic mass is 16.5. The van der Waals surface area contributed by atoms with Crippen molar-refractivity contribution in [2.24, 2.45) is 5.92 Å². The summed E-state index contributed by atoms with van der Waals surface area (Å²) in [7, 11) is 1.48. The molecule has 2 aliphatic rings. The number of hydrogen-bond donors (Lipinski definition) is 1. The molecule has 8 heteroatoms. The Balaban J connectivity index is 1.66. The molecule has 1 heterocycles. The highest BCUT2D eigenvalue weighted by Gasteiger charge is 2.55. The fourth-order valence-electron chi connectivity index (χ4n) is 4.08. The Hall–Kier alpha value is -2.90. The topological polar surface area (TPSA) is 102 Å². The second-order valence-electron chi connectivity index (χ2n) is 7.68. The summed E-state index contributed by atoms with van der Waals surface area (Å²) in [5.41, 5.74) is 0.0940. The first-order valence-corrected chi connectivity index (χ1v) is 9.76. The average molecular weight is 402 g/mol. The molecule has 1 aliphatic heterocycles. The molecule has 29 heavy (non-hydrogen) atoms. The zero-order valence-electron chi connectivity index (χ0n) is 16.9. The molecule has 0 aromatic heterocycles. The third-order valence-electron chi connectivity index (χ3n) is 5.86. The van der Waals surface area contributed by atoms with E-state index in [1.54, 1.807) is 18.2 Å². The molecule has 0 unspecified atom stereocenters. The van der Waals surface area contributed by atoms with Crippen molar-refractivity contribution in [1.29, 1.82) is 0 Å². The van der Waals surface area contributed by atoms with Crippen molar-refractivity contribution in [3.8, 4) is 5.75 Å². The summed E-state index contributed by atoms with van der Waals surface area (Å²) in [6.07, 6.45) is 3.33. The quantitative estimate of drug-likeness (QED) is 0.445. The number of rotatable bonds is 6. The molecule has 1 spiro atoms. The SMILES string of the molecule is COc1ccc(C(C)=O)cc1COC(=O)CN1C(=O)N[C@]2(CCCC[C@@H]2C)C1=O. The maximum absolute atomic E-state index is 12.9. The van der Waals surface area contributed by atoms with Crippen LogP contribution < -0.4 is 10.1 Å². The molecule has 1 aromatic rings. The summed E-state index contributed by atoms with van der Waals surface area (Å²) in [6, 6.07) is 4.30. The van der Waals surface area contributed by atoms with Gasteiger partial charge in [-0.05, 0) is 43.9 Å². The summed E-state index contributed by atoms with van der Waals surface area (Å²) in [6.45, 7) is 2.81. The van der Waals surface area contributed by atoms with Gasteiger partial charge in [0.05, 0.1) is 7.11 Å². The summed E-state index contributed by atoms with van der Waals surface area (Å²) >= 11 is 0. The Morgan fingerprint density at radius 1 is 1.28 bits per heavy atom. The first kappa shape index (κ1) is 20.8. The molecule has 8 nitrogen and oxygen atoms in total. The van der Waals surface area contributed by atoms with Crippen molar-refractivity contribution in [2.45, 2.75) is 51.7 Å². The number of Topliss-reactive ketones (excluding diaryl/α,β-unsaturated/α-hetero) is 1. The molecule has 0 radical (unpaired) electrons. The lowest BCUT2D eigenvalue weighted by atomic mass is 9.73. The zero-order valence-corrected chi connectivity index (χ0v) is 16.9. The van der Waals surface area contributed by atoms with E-state index in [0.29, 0.717) is 23.3 Å². The smallest absolute Gasteiger partial charge is 0.326 e. The van der Waals surface area contributed by atoms with E-state index >= 15 is 0 Å². The molecule has 1 saturated carbocycles. The first-order chi connectivity index (χ1) is 13.8. The van der Waals surface area contributed by atoms with Crippen LogP contribution in [0.25, 0.3) is 0 Å². The van der Waals surface area contributed by atoms with Gasteiger partial charge in [-0.15, -0.1) is 0 Å². The van der Waals surface area contributed by atoms with Crippen LogP contribution in [0, 0.1) is 5.92 Å². The lowest BCUT2D eigenvalue weighted by Gasteiger charge is -2.36. The number of carbonyl (C=O) groups is 4. The van der Waals surface area contributed by atoms with E-state index in [4.69, 9.17) is 9.47 Å². The van der Waals surface area contributed by atoms with Gasteiger partial charge in [0.25, 0.3) is 5.91 Å². The third-order valence-corrected chi connectivity index (χ3v) is 5.86. The first-order valence-electron chi connectivity index (χ1n) is 9.76. The van der Waals surface area contributed by atoms with Crippen LogP contribution in [0.1, 0.15) is 55.5 Å². The van der Waals surface area contributed by atoms with Crippen LogP contribution in [0.3, 0.4) is 0 Å². The number of urea groups is 1. The molecule has 0 bridgehead atoms. The van der Waals surface area contributed by atoms with Crippen molar-refractivity contribution in [2.75, 3.05) is 13.7 Å². The Morgan fingerprint density at radius 2 is 2.03 bits per heavy atom. The lowest BCUT2D eigenvalue weighted by Crippen LogP contribution is -2.54. The minimum absolute atomic E-state index is 0.0207. The molecule has 2 atom stereocenters. The van der Waals surface area contributed by atoms with Gasteiger partial charge in [0.15, 0.2) is 5.78 Å². The second-order valence-corrected chi connectivity index (χ2v) is 7.68. The summed E-state index contributed by atoms with van der Waals surface area (Å²) in [5.74, 6) is -0.682. The van der Waals surface area contributed by atoms with Crippen LogP contribution in [-0.2, 0) is 20.9 Å². The standard InChI is InChI=1S/C21H26N2O6/c1-13-6-4-5-9-21(13)19(26)23(20(27)22-21)11-18(25)29-12-16-10-15(14(2)24)7-8-17(16)28-3/h7-8,10,13H,4-6,9,11-12H2,1-3H3,(H,22,27)/t13-,21-/m0/s1. The average Bonchev–Trinajstić information content (AvgIpc) is 2.93. The molecule has 1 saturated heterocycles. The van der Waals surface area contributed by atoms with Gasteiger partial charge in [-0.1, -0.05) is 19.8 Å². The van der Waals surface area contributed by atoms with E-state index < -0.39 is 24.1 Å². The lowest BCUT2D eigenvalue weighted by molar-refractivity contribution is -0.149. The number of methoxy groups -OCH3 is 1. The summed E-state index contributed by atoms with van der Waals surface area (Å²) in [5, 5.41) is 2.81. The van der Waals surface area contributed by atoms with E-state index in [9.17, 15) is 19.2 Å². The number of nitrogens with one attached hydrogen (secondary N) is 1. The van der Waals surface area contributed by atoms with Gasteiger partial charge in [0.2, 0.25) is 0 Å². The normalized spacial score (nSPS) is 23.8. The van der Waals surface area contributed by atoms with Crippen LogP contribution in [0.5, 0.6) is 5.75 Å². The van der Waals surface area contributed by atoms with Gasteiger partial charge in [-0.25, -0.2) is 4.79 Å². The Kier molecular flexibility index (Phi) is 5.91. The van der Waals surface area contributed by atoms with Gasteiger partial charge in [0.1, 0.15) is 24.4 Å². The van der Waals surface area contributed by atoms with Crippen molar-refractivity contribution >= 4 is 23.7 Å². The number of hydrogen-bond acceptors (Lipinski definition) is 6. The fourth-order valence-corrected chi connectivity index (χ4v) is 4.08. The maximum atomic E-state index is 12.9. The van der Waals surface area contributed by atoms with E-state index in [1.165, 1.54) is 14.0 Å². The Labute approximate surface area is 169 Å². The van der Waals surface area contributed by atoms with Crippen LogP contribution in [0.4, 0.5) is 4.79 Å². The maximum Gasteiger partial charge on any atom is 0.326 e. The number of amides is 3. The number of benzene rings is 1. The van der Waals surface area contributed by atoms with Gasteiger partial charge in [-0.3, -0.25) is 19.3 Å². The van der Waals surface area contributed by atoms with Crippen LogP contribution >= 0.6 is 0 Å². The van der Waals surface area contributed by atoms with Crippen molar-refractivity contribution in [3.05, 3.63) is 29.3 Å². The molecular weight excluding hydrogens is 376 g/mol. The molecule has 3 rings (SSSR count). The van der Waals surface area contributed by atoms with E-state index in [1.807, 2.05) is 6.92 Å². The van der Waals surface area contributed by atoms with Crippen LogP contribution in [-0.4, -0.2) is 47.8 Å². The number of nitrogens with zero attached hydrogens (tertiary/aromatic N) is 1. The minimum atomic E-state index is -0.908. The fraction of sp³-hybridized carbons (Fsp3) is 0.524. The molecular formula is C21H26N2O6. The molecule has 1 N–H and O–H groups in total. The second kappa shape index (κ2) is 8.23. The van der Waals surface area contributed by atoms with E-state index in [2.05, 4.69) is 5.32 Å². The molecule has 2 fully saturated rings. The number of ether oxygens (including phenoxy) is 2. The third kappa shape index (κ3) is 3.97. The van der Waals surface area contributed by atoms with Crippen molar-refractivity contribution in [1.82, 2.24) is 10.2 Å². The summed E-state index contributed by atoms with van der Waals surface area (Å²) in [4.78, 5) is 50.1. The predicted octanol–water partition coefficient (Wildman–Crippen LogP) is 2.44. The van der Waals surface area contributed by atoms with Crippen LogP contribution in [0.15, 0.2) is 18.2 Å². The molecule has 156 valence electrons. The van der Waals surface area contributed by atoms with Gasteiger partial charge in [-0.2, -0.15) is 0 Å². The highest BCUT2D eigenvalue weighted by Crippen LogP contribution is 2.38. The van der Waals surface area contributed by atoms with Gasteiger partial charge in [0, 0.05) is 11.1 Å². The van der Waals surface area contributed by atoms with Crippen molar-refractivity contribution in [3.63, 3.8) is 0 Å². The Morgan fingerprint density at radius 3 is 2.69 bits per heavy atom. The summed E-state index contributed by atoms with van der Waals surface area (Å²) < 4.78 is 10.5. The van der Waals surface area contributed by atoms with Gasteiger partial charge >= 0.3 is 12.0 Å². The Bertz CT molecular complexity index is 852. The monoisotopic (exact) mass is 402 g/mol. The largest absolute Gasteiger partial charge is 0.496 e. The van der Waals surface area contributed by atoms with Crippen molar-refractivity contribution < 1.29 is 28.7 Å².